The third-order valence-corrected chi connectivity index (χ3v) is 16.4. The molecule has 488 valence electrons. The molecule has 0 N–H and O–H groups in total. The molecule has 3 atom stereocenters. The van der Waals surface area contributed by atoms with Crippen molar-refractivity contribution in [2.45, 2.75) is 49.1 Å². The van der Waals surface area contributed by atoms with Crippen LogP contribution in [0.15, 0.2) is 217 Å². The summed E-state index contributed by atoms with van der Waals surface area (Å²) in [4.78, 5) is 74.9. The number of halogens is 9. The summed E-state index contributed by atoms with van der Waals surface area (Å²) >= 11 is 0. The average Bonchev–Trinajstić information content (AvgIpc) is 0.802. The van der Waals surface area contributed by atoms with Crippen LogP contribution < -0.4 is 4.74 Å². The number of ether oxygens (including phenoxy) is 5. The van der Waals surface area contributed by atoms with Gasteiger partial charge in [0.2, 0.25) is 18.3 Å². The molecule has 0 fully saturated rings. The molecule has 0 saturated heterocycles. The van der Waals surface area contributed by atoms with E-state index in [0.29, 0.717) is 47.2 Å². The van der Waals surface area contributed by atoms with Crippen LogP contribution in [0.2, 0.25) is 0 Å². The van der Waals surface area contributed by atoms with E-state index in [1.807, 2.05) is 6.92 Å². The maximum atomic E-state index is 16.1. The minimum Gasteiger partial charge on any atom is -0.497 e. The lowest BCUT2D eigenvalue weighted by molar-refractivity contribution is -0.186. The molecule has 0 heterocycles. The summed E-state index contributed by atoms with van der Waals surface area (Å²) in [5.41, 5.74) is -1.45. The summed E-state index contributed by atoms with van der Waals surface area (Å²) in [7, 11) is -2.36. The summed E-state index contributed by atoms with van der Waals surface area (Å²) < 4.78 is 188. The molecule has 0 aliphatic rings. The zero-order chi connectivity index (χ0) is 68.8. The SMILES string of the molecule is COc1ccc(-c2ccc(F)cc2C(OC(=O)C(OC(=O)Cc2cc(F)ccc2-c2ccc(S(C)(=O)=O)cc2)c2cc(F)ccc2-c2ccc(C(F)(F)F)cc2)C(=O)OC(C(=O)OC(=O)Cc2cc(F)ccc2-c2ccc(C)cc2)c2cc(F)ccc2-c2ccc(F)cc2)cc1. The van der Waals surface area contributed by atoms with E-state index in [-0.39, 0.29) is 60.5 Å². The molecule has 10 aromatic rings. The first kappa shape index (κ1) is 67.8. The zero-order valence-corrected chi connectivity index (χ0v) is 51.4. The number of hydrogen-bond acceptors (Lipinski definition) is 12. The third kappa shape index (κ3) is 16.1. The summed E-state index contributed by atoms with van der Waals surface area (Å²) in [6.07, 6.45) is -13.6. The van der Waals surface area contributed by atoms with Crippen LogP contribution in [0.1, 0.15) is 57.3 Å². The smallest absolute Gasteiger partial charge is 0.416 e. The molecule has 0 aliphatic heterocycles. The molecule has 0 spiro atoms. The quantitative estimate of drug-likeness (QED) is 0.0307. The van der Waals surface area contributed by atoms with Gasteiger partial charge in [-0.15, -0.1) is 0 Å². The minimum absolute atomic E-state index is 0.0136. The third-order valence-electron chi connectivity index (χ3n) is 15.3. The number of esters is 5. The second-order valence-electron chi connectivity index (χ2n) is 21.9. The molecule has 96 heavy (non-hydrogen) atoms. The van der Waals surface area contributed by atoms with Gasteiger partial charge < -0.3 is 23.7 Å². The summed E-state index contributed by atoms with van der Waals surface area (Å²) in [6, 6.07) is 40.3. The lowest BCUT2D eigenvalue weighted by Crippen LogP contribution is -2.32. The van der Waals surface area contributed by atoms with E-state index in [4.69, 9.17) is 23.7 Å². The minimum atomic E-state index is -4.86. The Morgan fingerprint density at radius 3 is 1.15 bits per heavy atom. The normalized spacial score (nSPS) is 12.4. The van der Waals surface area contributed by atoms with Crippen molar-refractivity contribution in [1.29, 1.82) is 0 Å². The Morgan fingerprint density at radius 1 is 0.396 bits per heavy atom. The fourth-order valence-corrected chi connectivity index (χ4v) is 11.3. The van der Waals surface area contributed by atoms with Crippen molar-refractivity contribution in [3.63, 3.8) is 0 Å². The molecule has 12 nitrogen and oxygen atoms in total. The second-order valence-corrected chi connectivity index (χ2v) is 23.9. The van der Waals surface area contributed by atoms with Crippen LogP contribution in [-0.4, -0.2) is 51.6 Å². The Hall–Kier alpha value is -11.1. The summed E-state index contributed by atoms with van der Waals surface area (Å²) in [5, 5.41) is 0. The number of sulfone groups is 1. The standard InChI is InChI=1S/C74H51F9O12S/c1-41-4-6-42(7-5-41)58-29-20-52(77)35-48(58)37-67(85)93-71(86)69(64-39-54(79)23-32-61(64)45-10-18-50(75)19-11-45)94-73(88)70(65-40-55(80)24-33-62(65)46-12-25-56(91-2)26-13-46)95-72(87)68(63-38-53(78)22-31-60(63)44-8-16-49(17-9-44)74(81,82)83)92-66(84)36-47-34-51(76)21-30-59(47)43-14-27-57(28-15-43)96(3,89)90/h4-35,38-40,68-70H,36-37H2,1-3H3. The molecule has 0 amide bonds. The fourth-order valence-electron chi connectivity index (χ4n) is 10.6. The molecule has 0 radical (unpaired) electrons. The molecular formula is C74H51F9O12S. The van der Waals surface area contributed by atoms with Gasteiger partial charge in [-0.2, -0.15) is 13.2 Å². The average molecular weight is 1340 g/mol. The zero-order valence-electron chi connectivity index (χ0n) is 50.6. The van der Waals surface area contributed by atoms with Crippen LogP contribution in [0.5, 0.6) is 5.75 Å². The Morgan fingerprint density at radius 2 is 0.729 bits per heavy atom. The topological polar surface area (TPSA) is 166 Å². The lowest BCUT2D eigenvalue weighted by Gasteiger charge is -2.26. The van der Waals surface area contributed by atoms with Crippen molar-refractivity contribution < 1.29 is 95.6 Å². The highest BCUT2D eigenvalue weighted by molar-refractivity contribution is 7.90. The van der Waals surface area contributed by atoms with E-state index in [1.54, 1.807) is 24.3 Å². The van der Waals surface area contributed by atoms with Gasteiger partial charge in [-0.25, -0.2) is 49.1 Å². The van der Waals surface area contributed by atoms with Crippen LogP contribution in [0.4, 0.5) is 39.5 Å². The van der Waals surface area contributed by atoms with Gasteiger partial charge in [0.25, 0.3) is 0 Å². The molecule has 10 rings (SSSR count). The molecule has 10 aromatic carbocycles. The van der Waals surface area contributed by atoms with Gasteiger partial charge in [0.15, 0.2) is 9.84 Å². The van der Waals surface area contributed by atoms with Gasteiger partial charge >= 0.3 is 36.0 Å². The summed E-state index contributed by atoms with van der Waals surface area (Å²) in [5.74, 6) is -13.7. The predicted octanol–water partition coefficient (Wildman–Crippen LogP) is 16.3. The van der Waals surface area contributed by atoms with Crippen LogP contribution in [0, 0.1) is 41.8 Å². The maximum Gasteiger partial charge on any atom is 0.416 e. The van der Waals surface area contributed by atoms with Crippen LogP contribution in [-0.2, 0) is 71.8 Å². The predicted molar refractivity (Wildman–Crippen MR) is 334 cm³/mol. The van der Waals surface area contributed by atoms with Gasteiger partial charge in [-0.1, -0.05) is 109 Å². The first-order valence-electron chi connectivity index (χ1n) is 29.0. The number of alkyl halides is 3. The number of aryl methyl sites for hydroxylation is 1. The van der Waals surface area contributed by atoms with Gasteiger partial charge in [0, 0.05) is 22.9 Å². The van der Waals surface area contributed by atoms with Crippen molar-refractivity contribution in [1.82, 2.24) is 0 Å². The number of carbonyl (C=O) groups excluding carboxylic acids is 5. The van der Waals surface area contributed by atoms with E-state index < -0.39 is 134 Å². The van der Waals surface area contributed by atoms with Crippen LogP contribution in [0.3, 0.4) is 0 Å². The Kier molecular flexibility index (Phi) is 20.2. The Balaban J connectivity index is 1.11. The number of methoxy groups -OCH3 is 1. The van der Waals surface area contributed by atoms with Crippen molar-refractivity contribution in [3.8, 4) is 61.4 Å². The Bertz CT molecular complexity index is 4720. The molecule has 0 bridgehead atoms. The highest BCUT2D eigenvalue weighted by Crippen LogP contribution is 2.41. The fraction of sp³-hybridized carbons (Fsp3) is 0.122. The monoisotopic (exact) mass is 1330 g/mol. The largest absolute Gasteiger partial charge is 0.497 e. The number of hydrogen-bond donors (Lipinski definition) is 0. The van der Waals surface area contributed by atoms with Crippen LogP contribution in [0.25, 0.3) is 55.6 Å². The highest BCUT2D eigenvalue weighted by atomic mass is 32.2. The first-order valence-corrected chi connectivity index (χ1v) is 30.8. The van der Waals surface area contributed by atoms with E-state index in [9.17, 15) is 44.8 Å². The number of carbonyl (C=O) groups is 5. The van der Waals surface area contributed by atoms with E-state index in [2.05, 4.69) is 0 Å². The molecule has 22 heteroatoms. The van der Waals surface area contributed by atoms with Gasteiger partial charge in [-0.05, 0) is 183 Å². The molecule has 0 saturated carbocycles. The van der Waals surface area contributed by atoms with E-state index in [1.165, 1.54) is 79.9 Å². The summed E-state index contributed by atoms with van der Waals surface area (Å²) in [6.45, 7) is 1.82. The van der Waals surface area contributed by atoms with Crippen molar-refractivity contribution >= 4 is 39.7 Å². The maximum absolute atomic E-state index is 16.1. The van der Waals surface area contributed by atoms with E-state index >= 15 is 27.2 Å². The lowest BCUT2D eigenvalue weighted by atomic mass is 9.94. The molecular weight excluding hydrogens is 1280 g/mol. The highest BCUT2D eigenvalue weighted by Gasteiger charge is 2.41. The van der Waals surface area contributed by atoms with Gasteiger partial charge in [0.1, 0.15) is 40.7 Å². The van der Waals surface area contributed by atoms with Crippen molar-refractivity contribution in [2.75, 3.05) is 13.4 Å². The van der Waals surface area contributed by atoms with Crippen LogP contribution >= 0.6 is 0 Å². The van der Waals surface area contributed by atoms with Gasteiger partial charge in [-0.3, -0.25) is 9.59 Å². The van der Waals surface area contributed by atoms with Crippen molar-refractivity contribution in [3.05, 3.63) is 286 Å². The van der Waals surface area contributed by atoms with E-state index in [0.717, 1.165) is 96.7 Å². The number of rotatable bonds is 20. The molecule has 0 aromatic heterocycles. The van der Waals surface area contributed by atoms with Gasteiger partial charge in [0.05, 0.1) is 30.4 Å². The Labute approximate surface area is 543 Å². The molecule has 3 unspecified atom stereocenters. The van der Waals surface area contributed by atoms with Crippen molar-refractivity contribution in [2.24, 2.45) is 0 Å². The second kappa shape index (κ2) is 28.6. The first-order chi connectivity index (χ1) is 45.7. The molecule has 0 aliphatic carbocycles. The number of benzene rings is 10.